The highest BCUT2D eigenvalue weighted by atomic mass is 16.7. The SMILES string of the molecule is CC1C(NC(=O)c2ccc3c(c2)OC(C)(C)O3)C2CCN1CC2. The Balaban J connectivity index is 1.50. The Bertz CT molecular complexity index is 633. The van der Waals surface area contributed by atoms with Crippen molar-refractivity contribution in [3.63, 3.8) is 0 Å². The lowest BCUT2D eigenvalue weighted by Crippen LogP contribution is -2.62. The van der Waals surface area contributed by atoms with Crippen molar-refractivity contribution >= 4 is 5.91 Å². The van der Waals surface area contributed by atoms with Gasteiger partial charge < -0.3 is 14.8 Å². The number of hydrogen-bond acceptors (Lipinski definition) is 4. The molecule has 124 valence electrons. The number of nitrogens with one attached hydrogen (secondary N) is 1. The fourth-order valence-corrected chi connectivity index (χ4v) is 4.14. The minimum absolute atomic E-state index is 0.0216. The topological polar surface area (TPSA) is 50.8 Å². The van der Waals surface area contributed by atoms with Gasteiger partial charge in [0.25, 0.3) is 5.91 Å². The van der Waals surface area contributed by atoms with Crippen LogP contribution in [0.15, 0.2) is 18.2 Å². The number of fused-ring (bicyclic) bond motifs is 4. The van der Waals surface area contributed by atoms with Gasteiger partial charge in [-0.05, 0) is 57.0 Å². The summed E-state index contributed by atoms with van der Waals surface area (Å²) in [6.07, 6.45) is 2.37. The fraction of sp³-hybridized carbons (Fsp3) is 0.611. The first-order valence-electron chi connectivity index (χ1n) is 8.50. The number of amides is 1. The molecule has 5 nitrogen and oxygen atoms in total. The summed E-state index contributed by atoms with van der Waals surface area (Å²) in [5.41, 5.74) is 0.633. The Hall–Kier alpha value is -1.75. The van der Waals surface area contributed by atoms with Crippen LogP contribution in [0.2, 0.25) is 0 Å². The molecule has 1 aromatic rings. The number of hydrogen-bond donors (Lipinski definition) is 1. The van der Waals surface area contributed by atoms with E-state index in [1.165, 1.54) is 12.8 Å². The molecule has 0 radical (unpaired) electrons. The maximum Gasteiger partial charge on any atom is 0.251 e. The second kappa shape index (κ2) is 5.13. The second-order valence-electron chi connectivity index (χ2n) is 7.38. The summed E-state index contributed by atoms with van der Waals surface area (Å²) in [6, 6.07) is 6.07. The number of ether oxygens (including phenoxy) is 2. The molecular weight excluding hydrogens is 292 g/mol. The third-order valence-electron chi connectivity index (χ3n) is 5.39. The summed E-state index contributed by atoms with van der Waals surface area (Å²) in [5, 5.41) is 3.25. The quantitative estimate of drug-likeness (QED) is 0.910. The predicted octanol–water partition coefficient (Wildman–Crippen LogP) is 2.41. The molecule has 2 bridgehead atoms. The molecule has 1 amide bonds. The molecule has 0 aliphatic carbocycles. The van der Waals surface area contributed by atoms with Gasteiger partial charge >= 0.3 is 0 Å². The van der Waals surface area contributed by atoms with E-state index in [1.807, 2.05) is 26.0 Å². The van der Waals surface area contributed by atoms with Crippen LogP contribution < -0.4 is 14.8 Å². The minimum atomic E-state index is -0.665. The van der Waals surface area contributed by atoms with Crippen molar-refractivity contribution in [2.24, 2.45) is 5.92 Å². The molecule has 3 fully saturated rings. The van der Waals surface area contributed by atoms with Crippen molar-refractivity contribution in [1.82, 2.24) is 10.2 Å². The van der Waals surface area contributed by atoms with Gasteiger partial charge in [0, 0.05) is 31.5 Å². The number of nitrogens with zero attached hydrogens (tertiary/aromatic N) is 1. The van der Waals surface area contributed by atoms with Gasteiger partial charge in [-0.1, -0.05) is 0 Å². The van der Waals surface area contributed by atoms with Crippen LogP contribution in [0.5, 0.6) is 11.5 Å². The van der Waals surface area contributed by atoms with E-state index in [0.29, 0.717) is 29.0 Å². The maximum atomic E-state index is 12.7. The highest BCUT2D eigenvalue weighted by Gasteiger charge is 2.40. The first-order valence-corrected chi connectivity index (χ1v) is 8.50. The Labute approximate surface area is 136 Å². The zero-order valence-corrected chi connectivity index (χ0v) is 14.0. The third-order valence-corrected chi connectivity index (χ3v) is 5.39. The summed E-state index contributed by atoms with van der Waals surface area (Å²) in [5.74, 6) is 1.26. The van der Waals surface area contributed by atoms with Crippen LogP contribution in [0, 0.1) is 5.92 Å². The van der Waals surface area contributed by atoms with Gasteiger partial charge in [-0.2, -0.15) is 0 Å². The van der Waals surface area contributed by atoms with E-state index in [-0.39, 0.29) is 11.9 Å². The highest BCUT2D eigenvalue weighted by Crippen LogP contribution is 2.39. The normalized spacial score (nSPS) is 33.5. The van der Waals surface area contributed by atoms with Crippen molar-refractivity contribution in [2.75, 3.05) is 13.1 Å². The molecule has 4 aliphatic heterocycles. The molecule has 2 unspecified atom stereocenters. The molecule has 0 spiro atoms. The van der Waals surface area contributed by atoms with E-state index in [0.717, 1.165) is 13.1 Å². The molecule has 5 rings (SSSR count). The molecule has 0 aromatic heterocycles. The molecule has 4 aliphatic rings. The average Bonchev–Trinajstić information content (AvgIpc) is 2.83. The molecule has 5 heteroatoms. The molecular formula is C18H24N2O3. The van der Waals surface area contributed by atoms with Crippen LogP contribution in [0.3, 0.4) is 0 Å². The summed E-state index contributed by atoms with van der Waals surface area (Å²) >= 11 is 0. The largest absolute Gasteiger partial charge is 0.449 e. The van der Waals surface area contributed by atoms with Gasteiger partial charge in [-0.25, -0.2) is 0 Å². The number of benzene rings is 1. The van der Waals surface area contributed by atoms with Crippen molar-refractivity contribution < 1.29 is 14.3 Å². The van der Waals surface area contributed by atoms with Crippen LogP contribution in [0.4, 0.5) is 0 Å². The van der Waals surface area contributed by atoms with E-state index in [4.69, 9.17) is 9.47 Å². The van der Waals surface area contributed by atoms with Gasteiger partial charge in [-0.3, -0.25) is 9.69 Å². The van der Waals surface area contributed by atoms with Crippen molar-refractivity contribution in [1.29, 1.82) is 0 Å². The lowest BCUT2D eigenvalue weighted by Gasteiger charge is -2.49. The van der Waals surface area contributed by atoms with Crippen LogP contribution >= 0.6 is 0 Å². The highest BCUT2D eigenvalue weighted by molar-refractivity contribution is 5.95. The summed E-state index contributed by atoms with van der Waals surface area (Å²) in [6.45, 7) is 8.27. The standard InChI is InChI=1S/C18H24N2O3/c1-11-16(12-6-8-20(11)9-7-12)19-17(21)13-4-5-14-15(10-13)23-18(2,3)22-14/h4-5,10-12,16H,6-9H2,1-3H3,(H,19,21). The van der Waals surface area contributed by atoms with Crippen molar-refractivity contribution in [3.8, 4) is 11.5 Å². The summed E-state index contributed by atoms with van der Waals surface area (Å²) < 4.78 is 11.4. The second-order valence-corrected chi connectivity index (χ2v) is 7.38. The maximum absolute atomic E-state index is 12.7. The van der Waals surface area contributed by atoms with Gasteiger partial charge in [0.05, 0.1) is 0 Å². The number of carbonyl (C=O) groups is 1. The lowest BCUT2D eigenvalue weighted by atomic mass is 9.79. The third kappa shape index (κ3) is 2.57. The molecule has 4 heterocycles. The van der Waals surface area contributed by atoms with E-state index in [1.54, 1.807) is 6.07 Å². The predicted molar refractivity (Wildman–Crippen MR) is 86.8 cm³/mol. The Morgan fingerprint density at radius 3 is 2.61 bits per heavy atom. The van der Waals surface area contributed by atoms with Crippen LogP contribution in [0.25, 0.3) is 0 Å². The smallest absolute Gasteiger partial charge is 0.251 e. The first kappa shape index (κ1) is 14.8. The van der Waals surface area contributed by atoms with Crippen LogP contribution in [-0.4, -0.2) is 41.8 Å². The van der Waals surface area contributed by atoms with E-state index < -0.39 is 5.79 Å². The minimum Gasteiger partial charge on any atom is -0.449 e. The molecule has 2 atom stereocenters. The number of carbonyl (C=O) groups excluding carboxylic acids is 1. The molecule has 3 saturated heterocycles. The summed E-state index contributed by atoms with van der Waals surface area (Å²) in [7, 11) is 0. The Morgan fingerprint density at radius 1 is 1.22 bits per heavy atom. The number of rotatable bonds is 2. The Kier molecular flexibility index (Phi) is 3.30. The van der Waals surface area contributed by atoms with Crippen LogP contribution in [-0.2, 0) is 0 Å². The molecule has 1 N–H and O–H groups in total. The summed E-state index contributed by atoms with van der Waals surface area (Å²) in [4.78, 5) is 15.1. The van der Waals surface area contributed by atoms with Crippen molar-refractivity contribution in [2.45, 2.75) is 51.5 Å². The van der Waals surface area contributed by atoms with E-state index in [9.17, 15) is 4.79 Å². The van der Waals surface area contributed by atoms with Gasteiger partial charge in [0.2, 0.25) is 5.79 Å². The zero-order valence-electron chi connectivity index (χ0n) is 14.0. The van der Waals surface area contributed by atoms with E-state index >= 15 is 0 Å². The van der Waals surface area contributed by atoms with Gasteiger partial charge in [0.15, 0.2) is 11.5 Å². The number of piperidine rings is 3. The Morgan fingerprint density at radius 2 is 1.91 bits per heavy atom. The van der Waals surface area contributed by atoms with Gasteiger partial charge in [0.1, 0.15) is 0 Å². The monoisotopic (exact) mass is 316 g/mol. The zero-order chi connectivity index (χ0) is 16.2. The first-order chi connectivity index (χ1) is 10.9. The lowest BCUT2D eigenvalue weighted by molar-refractivity contribution is -0.0431. The molecule has 23 heavy (non-hydrogen) atoms. The molecule has 1 aromatic carbocycles. The fourth-order valence-electron chi connectivity index (χ4n) is 4.14. The van der Waals surface area contributed by atoms with Crippen molar-refractivity contribution in [3.05, 3.63) is 23.8 Å². The molecule has 0 saturated carbocycles. The van der Waals surface area contributed by atoms with E-state index in [2.05, 4.69) is 17.1 Å². The van der Waals surface area contributed by atoms with Gasteiger partial charge in [-0.15, -0.1) is 0 Å². The van der Waals surface area contributed by atoms with Crippen LogP contribution in [0.1, 0.15) is 44.0 Å². The average molecular weight is 316 g/mol.